The average molecular weight is 260 g/mol. The third-order valence-corrected chi connectivity index (χ3v) is 3.48. The molecule has 4 heteroatoms. The maximum absolute atomic E-state index is 5.65. The Bertz CT molecular complexity index is 563. The second-order valence-corrected chi connectivity index (χ2v) is 4.81. The molecule has 0 saturated carbocycles. The number of aromatic amines is 1. The molecule has 2 heterocycles. The molecule has 1 aromatic heterocycles. The Morgan fingerprint density at radius 2 is 2.00 bits per heavy atom. The van der Waals surface area contributed by atoms with E-state index in [1.807, 2.05) is 6.07 Å². The zero-order valence-corrected chi connectivity index (χ0v) is 11.3. The Balaban J connectivity index is 1.81. The molecule has 3 rings (SSSR count). The quantitative estimate of drug-likeness (QED) is 0.812. The molecule has 2 N–H and O–H groups in total. The summed E-state index contributed by atoms with van der Waals surface area (Å²) in [5, 5.41) is 4.60. The maximum atomic E-state index is 5.65. The number of H-pyrrole nitrogens is 1. The SMILES string of the molecule is CCNCCCc1c[nH]c2cc3c(cc12)OCCO3. The molecule has 0 saturated heterocycles. The van der Waals surface area contributed by atoms with E-state index in [0.29, 0.717) is 13.2 Å². The molecule has 0 bridgehead atoms. The standard InChI is InChI=1S/C15H20N2O2/c1-2-16-5-3-4-11-10-17-13-9-15-14(8-12(11)13)18-6-7-19-15/h8-10,16-17H,2-7H2,1H3. The highest BCUT2D eigenvalue weighted by Crippen LogP contribution is 2.35. The van der Waals surface area contributed by atoms with Gasteiger partial charge in [0.05, 0.1) is 0 Å². The minimum absolute atomic E-state index is 0.634. The maximum Gasteiger partial charge on any atom is 0.163 e. The first-order chi connectivity index (χ1) is 9.38. The fraction of sp³-hybridized carbons (Fsp3) is 0.467. The van der Waals surface area contributed by atoms with Crippen molar-refractivity contribution in [3.8, 4) is 11.5 Å². The number of aryl methyl sites for hydroxylation is 1. The molecule has 0 unspecified atom stereocenters. The van der Waals surface area contributed by atoms with Gasteiger partial charge in [-0.25, -0.2) is 0 Å². The van der Waals surface area contributed by atoms with Crippen molar-refractivity contribution in [2.75, 3.05) is 26.3 Å². The van der Waals surface area contributed by atoms with Gasteiger partial charge in [-0.1, -0.05) is 6.92 Å². The number of fused-ring (bicyclic) bond motifs is 2. The van der Waals surface area contributed by atoms with Crippen molar-refractivity contribution in [1.29, 1.82) is 0 Å². The Morgan fingerprint density at radius 1 is 1.21 bits per heavy atom. The topological polar surface area (TPSA) is 46.3 Å². The van der Waals surface area contributed by atoms with Gasteiger partial charge in [-0.05, 0) is 37.6 Å². The molecule has 4 nitrogen and oxygen atoms in total. The summed E-state index contributed by atoms with van der Waals surface area (Å²) in [7, 11) is 0. The Morgan fingerprint density at radius 3 is 2.79 bits per heavy atom. The van der Waals surface area contributed by atoms with Crippen LogP contribution in [-0.4, -0.2) is 31.3 Å². The zero-order valence-electron chi connectivity index (χ0n) is 11.3. The zero-order chi connectivity index (χ0) is 13.1. The normalized spacial score (nSPS) is 13.9. The van der Waals surface area contributed by atoms with Crippen molar-refractivity contribution < 1.29 is 9.47 Å². The van der Waals surface area contributed by atoms with Crippen LogP contribution in [0.15, 0.2) is 18.3 Å². The van der Waals surface area contributed by atoms with Gasteiger partial charge in [0, 0.05) is 23.2 Å². The lowest BCUT2D eigenvalue weighted by Crippen LogP contribution is -2.15. The van der Waals surface area contributed by atoms with E-state index >= 15 is 0 Å². The number of nitrogens with one attached hydrogen (secondary N) is 2. The first-order valence-electron chi connectivity index (χ1n) is 6.99. The highest BCUT2D eigenvalue weighted by Gasteiger charge is 2.14. The monoisotopic (exact) mass is 260 g/mol. The van der Waals surface area contributed by atoms with E-state index in [9.17, 15) is 0 Å². The fourth-order valence-corrected chi connectivity index (χ4v) is 2.50. The number of ether oxygens (including phenoxy) is 2. The summed E-state index contributed by atoms with van der Waals surface area (Å²) in [4.78, 5) is 3.32. The van der Waals surface area contributed by atoms with E-state index < -0.39 is 0 Å². The number of benzene rings is 1. The van der Waals surface area contributed by atoms with E-state index in [4.69, 9.17) is 9.47 Å². The first kappa shape index (κ1) is 12.4. The van der Waals surface area contributed by atoms with Crippen molar-refractivity contribution >= 4 is 10.9 Å². The molecule has 0 atom stereocenters. The van der Waals surface area contributed by atoms with E-state index in [1.54, 1.807) is 0 Å². The number of rotatable bonds is 5. The molecule has 102 valence electrons. The molecule has 19 heavy (non-hydrogen) atoms. The van der Waals surface area contributed by atoms with Gasteiger partial charge in [-0.15, -0.1) is 0 Å². The highest BCUT2D eigenvalue weighted by atomic mass is 16.6. The fourth-order valence-electron chi connectivity index (χ4n) is 2.50. The van der Waals surface area contributed by atoms with Gasteiger partial charge in [0.1, 0.15) is 13.2 Å². The van der Waals surface area contributed by atoms with Crippen molar-refractivity contribution in [2.24, 2.45) is 0 Å². The van der Waals surface area contributed by atoms with Crippen molar-refractivity contribution in [1.82, 2.24) is 10.3 Å². The molecule has 0 spiro atoms. The largest absolute Gasteiger partial charge is 0.486 e. The van der Waals surface area contributed by atoms with Crippen LogP contribution in [0.3, 0.4) is 0 Å². The highest BCUT2D eigenvalue weighted by molar-refractivity contribution is 5.86. The lowest BCUT2D eigenvalue weighted by atomic mass is 10.1. The third kappa shape index (κ3) is 2.54. The van der Waals surface area contributed by atoms with Crippen molar-refractivity contribution in [3.63, 3.8) is 0 Å². The lowest BCUT2D eigenvalue weighted by molar-refractivity contribution is 0.172. The van der Waals surface area contributed by atoms with Crippen LogP contribution in [0, 0.1) is 0 Å². The Hall–Kier alpha value is -1.68. The molecule has 2 aromatic rings. The minimum atomic E-state index is 0.634. The molecule has 0 amide bonds. The van der Waals surface area contributed by atoms with E-state index in [0.717, 1.165) is 42.9 Å². The van der Waals surface area contributed by atoms with Crippen LogP contribution < -0.4 is 14.8 Å². The predicted molar refractivity (Wildman–Crippen MR) is 76.2 cm³/mol. The van der Waals surface area contributed by atoms with E-state index in [1.165, 1.54) is 10.9 Å². The number of hydrogen-bond acceptors (Lipinski definition) is 3. The smallest absolute Gasteiger partial charge is 0.163 e. The third-order valence-electron chi connectivity index (χ3n) is 3.48. The van der Waals surface area contributed by atoms with Gasteiger partial charge in [0.2, 0.25) is 0 Å². The van der Waals surface area contributed by atoms with Crippen LogP contribution >= 0.6 is 0 Å². The lowest BCUT2D eigenvalue weighted by Gasteiger charge is -2.18. The van der Waals surface area contributed by atoms with Crippen LogP contribution in [0.25, 0.3) is 10.9 Å². The van der Waals surface area contributed by atoms with Crippen molar-refractivity contribution in [2.45, 2.75) is 19.8 Å². The summed E-state index contributed by atoms with van der Waals surface area (Å²) in [5.41, 5.74) is 2.48. The molecule has 1 aromatic carbocycles. The van der Waals surface area contributed by atoms with Gasteiger partial charge in [0.25, 0.3) is 0 Å². The minimum Gasteiger partial charge on any atom is -0.486 e. The molecule has 1 aliphatic rings. The molecule has 1 aliphatic heterocycles. The molecular formula is C15H20N2O2. The van der Waals surface area contributed by atoms with Gasteiger partial charge in [-0.2, -0.15) is 0 Å². The van der Waals surface area contributed by atoms with Gasteiger partial charge >= 0.3 is 0 Å². The summed E-state index contributed by atoms with van der Waals surface area (Å²) >= 11 is 0. The summed E-state index contributed by atoms with van der Waals surface area (Å²) in [6, 6.07) is 4.14. The van der Waals surface area contributed by atoms with Crippen LogP contribution in [0.4, 0.5) is 0 Å². The van der Waals surface area contributed by atoms with Gasteiger partial charge in [0.15, 0.2) is 11.5 Å². The van der Waals surface area contributed by atoms with Gasteiger partial charge in [-0.3, -0.25) is 0 Å². The Kier molecular flexibility index (Phi) is 3.60. The van der Waals surface area contributed by atoms with Crippen LogP contribution in [-0.2, 0) is 6.42 Å². The second kappa shape index (κ2) is 5.53. The van der Waals surface area contributed by atoms with Crippen molar-refractivity contribution in [3.05, 3.63) is 23.9 Å². The predicted octanol–water partition coefficient (Wildman–Crippen LogP) is 2.48. The Labute approximate surface area is 113 Å². The van der Waals surface area contributed by atoms with Gasteiger partial charge < -0.3 is 19.8 Å². The van der Waals surface area contributed by atoms with E-state index in [2.05, 4.69) is 29.5 Å². The molecular weight excluding hydrogens is 240 g/mol. The molecule has 0 fully saturated rings. The second-order valence-electron chi connectivity index (χ2n) is 4.81. The summed E-state index contributed by atoms with van der Waals surface area (Å²) in [5.74, 6) is 1.71. The number of aromatic nitrogens is 1. The molecule has 0 aliphatic carbocycles. The number of hydrogen-bond donors (Lipinski definition) is 2. The average Bonchev–Trinajstić information content (AvgIpc) is 2.83. The van der Waals surface area contributed by atoms with Crippen LogP contribution in [0.2, 0.25) is 0 Å². The molecule has 0 radical (unpaired) electrons. The first-order valence-corrected chi connectivity index (χ1v) is 6.99. The van der Waals surface area contributed by atoms with Crippen LogP contribution in [0.5, 0.6) is 11.5 Å². The summed E-state index contributed by atoms with van der Waals surface area (Å²) < 4.78 is 11.2. The van der Waals surface area contributed by atoms with Crippen LogP contribution in [0.1, 0.15) is 18.9 Å². The summed E-state index contributed by atoms with van der Waals surface area (Å²) in [6.07, 6.45) is 4.32. The van der Waals surface area contributed by atoms with E-state index in [-0.39, 0.29) is 0 Å². The summed E-state index contributed by atoms with van der Waals surface area (Å²) in [6.45, 7) is 5.50.